The van der Waals surface area contributed by atoms with E-state index >= 15 is 0 Å². The quantitative estimate of drug-likeness (QED) is 0.293. The fourth-order valence-corrected chi connectivity index (χ4v) is 3.09. The molecule has 2 aromatic rings. The van der Waals surface area contributed by atoms with Crippen molar-refractivity contribution in [1.82, 2.24) is 0 Å². The summed E-state index contributed by atoms with van der Waals surface area (Å²) >= 11 is 5.76. The van der Waals surface area contributed by atoms with E-state index in [2.05, 4.69) is 0 Å². The first-order valence-corrected chi connectivity index (χ1v) is 9.48. The number of Topliss-reactive ketones (excluding diaryl/α,β-unsaturated/α-hetero) is 1. The molecule has 0 aliphatic carbocycles. The molecule has 1 aliphatic heterocycles. The minimum atomic E-state index is -0.798. The van der Waals surface area contributed by atoms with Crippen molar-refractivity contribution in [3.8, 4) is 28.7 Å². The summed E-state index contributed by atoms with van der Waals surface area (Å²) in [7, 11) is 4.51. The summed E-state index contributed by atoms with van der Waals surface area (Å²) in [6, 6.07) is 6.54. The largest absolute Gasteiger partial charge is 0.493 e. The van der Waals surface area contributed by atoms with Gasteiger partial charge in [0, 0.05) is 11.1 Å². The minimum absolute atomic E-state index is 0.104. The van der Waals surface area contributed by atoms with Crippen molar-refractivity contribution in [2.45, 2.75) is 19.2 Å². The van der Waals surface area contributed by atoms with Crippen LogP contribution in [-0.4, -0.2) is 38.5 Å². The molecule has 0 bridgehead atoms. The number of ketones is 1. The van der Waals surface area contributed by atoms with Crippen molar-refractivity contribution in [3.05, 3.63) is 46.7 Å². The number of esters is 1. The number of benzene rings is 2. The zero-order valence-electron chi connectivity index (χ0n) is 17.2. The van der Waals surface area contributed by atoms with Gasteiger partial charge in [0.25, 0.3) is 0 Å². The molecule has 0 saturated carbocycles. The Morgan fingerprint density at radius 3 is 2.30 bits per heavy atom. The normalized spacial score (nSPS) is 14.7. The van der Waals surface area contributed by atoms with E-state index in [1.54, 1.807) is 37.3 Å². The predicted molar refractivity (Wildman–Crippen MR) is 111 cm³/mol. The number of ether oxygens (including phenoxy) is 5. The molecule has 2 aromatic carbocycles. The summed E-state index contributed by atoms with van der Waals surface area (Å²) in [4.78, 5) is 24.7. The highest BCUT2D eigenvalue weighted by atomic mass is 35.5. The van der Waals surface area contributed by atoms with Gasteiger partial charge in [-0.3, -0.25) is 9.59 Å². The third kappa shape index (κ3) is 3.80. The summed E-state index contributed by atoms with van der Waals surface area (Å²) in [6.45, 7) is 3.22. The van der Waals surface area contributed by atoms with Crippen molar-refractivity contribution in [3.63, 3.8) is 0 Å². The lowest BCUT2D eigenvalue weighted by molar-refractivity contribution is -0.133. The molecule has 1 unspecified atom stereocenters. The second kappa shape index (κ2) is 8.67. The van der Waals surface area contributed by atoms with Crippen LogP contribution in [0.2, 0.25) is 0 Å². The van der Waals surface area contributed by atoms with Crippen molar-refractivity contribution in [2.75, 3.05) is 21.3 Å². The van der Waals surface area contributed by atoms with E-state index in [-0.39, 0.29) is 17.3 Å². The minimum Gasteiger partial charge on any atom is -0.493 e. The van der Waals surface area contributed by atoms with Gasteiger partial charge < -0.3 is 23.7 Å². The van der Waals surface area contributed by atoms with Gasteiger partial charge in [0.05, 0.1) is 26.9 Å². The van der Waals surface area contributed by atoms with Crippen LogP contribution in [0.4, 0.5) is 0 Å². The Kier molecular flexibility index (Phi) is 6.22. The number of fused-ring (bicyclic) bond motifs is 1. The highest BCUT2D eigenvalue weighted by Crippen LogP contribution is 2.43. The van der Waals surface area contributed by atoms with E-state index in [9.17, 15) is 9.59 Å². The molecule has 0 saturated heterocycles. The topological polar surface area (TPSA) is 80.3 Å². The van der Waals surface area contributed by atoms with Crippen molar-refractivity contribution in [1.29, 1.82) is 0 Å². The molecule has 30 heavy (non-hydrogen) atoms. The number of hydrogen-bond acceptors (Lipinski definition) is 7. The molecular weight excluding hydrogens is 412 g/mol. The SMILES string of the molecule is COc1ccc(/C=C2\Oc3c(ccc(OC(=O)C(C)Cl)c3C)C2=O)c(OC)c1OC. The monoisotopic (exact) mass is 432 g/mol. The zero-order chi connectivity index (χ0) is 22.0. The maximum atomic E-state index is 12.9. The maximum absolute atomic E-state index is 12.9. The molecule has 0 spiro atoms. The van der Waals surface area contributed by atoms with Crippen molar-refractivity contribution in [2.24, 2.45) is 0 Å². The Morgan fingerprint density at radius 1 is 1.03 bits per heavy atom. The van der Waals surface area contributed by atoms with Gasteiger partial charge in [-0.05, 0) is 44.2 Å². The van der Waals surface area contributed by atoms with Gasteiger partial charge in [0.2, 0.25) is 11.5 Å². The fraction of sp³-hybridized carbons (Fsp3) is 0.273. The van der Waals surface area contributed by atoms with E-state index in [1.807, 2.05) is 0 Å². The molecule has 1 atom stereocenters. The van der Waals surface area contributed by atoms with Gasteiger partial charge >= 0.3 is 5.97 Å². The van der Waals surface area contributed by atoms with Crippen molar-refractivity contribution >= 4 is 29.4 Å². The van der Waals surface area contributed by atoms with Crippen LogP contribution in [0.1, 0.15) is 28.4 Å². The molecule has 0 radical (unpaired) electrons. The second-order valence-electron chi connectivity index (χ2n) is 6.47. The molecule has 3 rings (SSSR count). The lowest BCUT2D eigenvalue weighted by atomic mass is 10.1. The van der Waals surface area contributed by atoms with Crippen LogP contribution in [-0.2, 0) is 4.79 Å². The summed E-state index contributed by atoms with van der Waals surface area (Å²) in [5.41, 5.74) is 1.47. The third-order valence-corrected chi connectivity index (χ3v) is 4.77. The Morgan fingerprint density at radius 2 is 1.70 bits per heavy atom. The predicted octanol–water partition coefficient (Wildman–Crippen LogP) is 4.17. The lowest BCUT2D eigenvalue weighted by Crippen LogP contribution is -2.18. The smallest absolute Gasteiger partial charge is 0.329 e. The standard InChI is InChI=1S/C22H21ClO7/c1-11-15(30-22(25)12(2)23)9-7-14-18(24)17(29-19(11)14)10-13-6-8-16(26-3)21(28-5)20(13)27-4/h6-10,12H,1-5H3/b17-10-. The zero-order valence-corrected chi connectivity index (χ0v) is 18.0. The molecule has 1 heterocycles. The Hall–Kier alpha value is -3.19. The molecule has 0 N–H and O–H groups in total. The first kappa shape index (κ1) is 21.5. The molecule has 0 amide bonds. The first-order chi connectivity index (χ1) is 14.3. The van der Waals surface area contributed by atoms with Gasteiger partial charge in [-0.1, -0.05) is 0 Å². The number of rotatable bonds is 6. The highest BCUT2D eigenvalue weighted by molar-refractivity contribution is 6.29. The molecule has 0 fully saturated rings. The summed E-state index contributed by atoms with van der Waals surface area (Å²) < 4.78 is 27.2. The summed E-state index contributed by atoms with van der Waals surface area (Å²) in [5.74, 6) is 1.13. The van der Waals surface area contributed by atoms with Crippen molar-refractivity contribution < 1.29 is 33.3 Å². The number of carbonyl (C=O) groups excluding carboxylic acids is 2. The van der Waals surface area contributed by atoms with Gasteiger partial charge in [-0.25, -0.2) is 0 Å². The lowest BCUT2D eigenvalue weighted by Gasteiger charge is -2.14. The van der Waals surface area contributed by atoms with Gasteiger partial charge in [-0.15, -0.1) is 11.6 Å². The average Bonchev–Trinajstić information content (AvgIpc) is 3.05. The molecule has 7 nitrogen and oxygen atoms in total. The maximum Gasteiger partial charge on any atom is 0.329 e. The fourth-order valence-electron chi connectivity index (χ4n) is 3.05. The molecule has 8 heteroatoms. The first-order valence-electron chi connectivity index (χ1n) is 9.04. The van der Waals surface area contributed by atoms with E-state index in [0.717, 1.165) is 0 Å². The summed E-state index contributed by atoms with van der Waals surface area (Å²) in [6.07, 6.45) is 1.56. The molecular formula is C22H21ClO7. The molecule has 158 valence electrons. The number of carbonyl (C=O) groups is 2. The number of hydrogen-bond donors (Lipinski definition) is 0. The number of halogens is 1. The van der Waals surface area contributed by atoms with Crippen LogP contribution in [0.5, 0.6) is 28.7 Å². The van der Waals surface area contributed by atoms with Crippen LogP contribution in [0, 0.1) is 6.92 Å². The Bertz CT molecular complexity index is 1040. The number of alkyl halides is 1. The van der Waals surface area contributed by atoms with Crippen LogP contribution < -0.4 is 23.7 Å². The molecule has 1 aliphatic rings. The van der Waals surface area contributed by atoms with Crippen LogP contribution in [0.3, 0.4) is 0 Å². The van der Waals surface area contributed by atoms with Crippen LogP contribution in [0.25, 0.3) is 6.08 Å². The van der Waals surface area contributed by atoms with E-state index in [0.29, 0.717) is 39.7 Å². The third-order valence-electron chi connectivity index (χ3n) is 4.59. The highest BCUT2D eigenvalue weighted by Gasteiger charge is 2.31. The van der Waals surface area contributed by atoms with Crippen LogP contribution >= 0.6 is 11.6 Å². The average molecular weight is 433 g/mol. The van der Waals surface area contributed by atoms with E-state index in [1.165, 1.54) is 28.3 Å². The summed E-state index contributed by atoms with van der Waals surface area (Å²) in [5, 5.41) is -0.798. The van der Waals surface area contributed by atoms with Gasteiger partial charge in [0.1, 0.15) is 16.9 Å². The van der Waals surface area contributed by atoms with E-state index in [4.69, 9.17) is 35.3 Å². The second-order valence-corrected chi connectivity index (χ2v) is 7.12. The Balaban J connectivity index is 2.00. The van der Waals surface area contributed by atoms with E-state index < -0.39 is 11.3 Å². The number of methoxy groups -OCH3 is 3. The van der Waals surface area contributed by atoms with Crippen LogP contribution in [0.15, 0.2) is 30.0 Å². The van der Waals surface area contributed by atoms with Gasteiger partial charge in [-0.2, -0.15) is 0 Å². The number of allylic oxidation sites excluding steroid dienone is 1. The van der Waals surface area contributed by atoms with Gasteiger partial charge in [0.15, 0.2) is 17.3 Å². The Labute approximate surface area is 179 Å². The molecule has 0 aromatic heterocycles.